The SMILES string of the molecule is Fc1cc(CNc2ccc3c(n2)CNC3)c2cn[nH]c2c1. The number of halogens is 1. The summed E-state index contributed by atoms with van der Waals surface area (Å²) < 4.78 is 13.6. The van der Waals surface area contributed by atoms with Gasteiger partial charge >= 0.3 is 0 Å². The van der Waals surface area contributed by atoms with Crippen molar-refractivity contribution in [2.45, 2.75) is 19.6 Å². The third-order valence-electron chi connectivity index (χ3n) is 3.75. The van der Waals surface area contributed by atoms with Crippen LogP contribution in [0.5, 0.6) is 0 Å². The fourth-order valence-corrected chi connectivity index (χ4v) is 2.68. The monoisotopic (exact) mass is 283 g/mol. The highest BCUT2D eigenvalue weighted by molar-refractivity contribution is 5.81. The molecule has 0 unspecified atom stereocenters. The topological polar surface area (TPSA) is 65.6 Å². The van der Waals surface area contributed by atoms with E-state index in [0.29, 0.717) is 12.1 Å². The van der Waals surface area contributed by atoms with Crippen LogP contribution < -0.4 is 10.6 Å². The summed E-state index contributed by atoms with van der Waals surface area (Å²) in [7, 11) is 0. The molecule has 106 valence electrons. The lowest BCUT2D eigenvalue weighted by Gasteiger charge is -2.08. The van der Waals surface area contributed by atoms with Crippen LogP contribution in [0.1, 0.15) is 16.8 Å². The molecule has 1 aliphatic rings. The summed E-state index contributed by atoms with van der Waals surface area (Å²) in [5, 5.41) is 14.2. The van der Waals surface area contributed by atoms with Gasteiger partial charge in [-0.15, -0.1) is 0 Å². The third kappa shape index (κ3) is 2.23. The van der Waals surface area contributed by atoms with Crippen molar-refractivity contribution in [3.8, 4) is 0 Å². The van der Waals surface area contributed by atoms with E-state index in [1.165, 1.54) is 17.7 Å². The number of H-pyrrole nitrogens is 1. The summed E-state index contributed by atoms with van der Waals surface area (Å²) >= 11 is 0. The number of aromatic nitrogens is 3. The van der Waals surface area contributed by atoms with Crippen molar-refractivity contribution in [2.75, 3.05) is 5.32 Å². The van der Waals surface area contributed by atoms with Crippen LogP contribution in [0.4, 0.5) is 10.2 Å². The summed E-state index contributed by atoms with van der Waals surface area (Å²) in [6, 6.07) is 7.01. The summed E-state index contributed by atoms with van der Waals surface area (Å²) in [5.41, 5.74) is 3.88. The molecule has 5 nitrogen and oxygen atoms in total. The molecule has 0 radical (unpaired) electrons. The van der Waals surface area contributed by atoms with E-state index in [-0.39, 0.29) is 5.82 Å². The Morgan fingerprint density at radius 1 is 1.24 bits per heavy atom. The number of aromatic amines is 1. The van der Waals surface area contributed by atoms with E-state index in [1.807, 2.05) is 6.07 Å². The molecule has 0 aliphatic carbocycles. The van der Waals surface area contributed by atoms with Crippen molar-refractivity contribution in [3.63, 3.8) is 0 Å². The van der Waals surface area contributed by atoms with Crippen LogP contribution in [-0.4, -0.2) is 15.2 Å². The highest BCUT2D eigenvalue weighted by atomic mass is 19.1. The Morgan fingerprint density at radius 3 is 3.14 bits per heavy atom. The molecule has 6 heteroatoms. The van der Waals surface area contributed by atoms with Gasteiger partial charge < -0.3 is 10.6 Å². The Morgan fingerprint density at radius 2 is 2.19 bits per heavy atom. The normalized spacial score (nSPS) is 13.6. The Balaban J connectivity index is 1.59. The minimum atomic E-state index is -0.269. The van der Waals surface area contributed by atoms with Crippen LogP contribution in [0.25, 0.3) is 10.9 Å². The van der Waals surface area contributed by atoms with Gasteiger partial charge in [-0.2, -0.15) is 5.10 Å². The first-order valence-corrected chi connectivity index (χ1v) is 6.84. The number of fused-ring (bicyclic) bond motifs is 2. The van der Waals surface area contributed by atoms with Gasteiger partial charge in [0.15, 0.2) is 0 Å². The molecule has 0 atom stereocenters. The standard InChI is InChI=1S/C15H14FN5/c16-11-3-10(12-7-19-21-13(12)4-11)6-18-15-2-1-9-5-17-8-14(9)20-15/h1-4,7,17H,5-6,8H2,(H,18,20)(H,19,21). The molecule has 0 spiro atoms. The second kappa shape index (κ2) is 4.82. The van der Waals surface area contributed by atoms with Crippen molar-refractivity contribution in [2.24, 2.45) is 0 Å². The van der Waals surface area contributed by atoms with Crippen molar-refractivity contribution >= 4 is 16.7 Å². The van der Waals surface area contributed by atoms with Crippen LogP contribution >= 0.6 is 0 Å². The number of rotatable bonds is 3. The molecule has 0 amide bonds. The first kappa shape index (κ1) is 12.3. The quantitative estimate of drug-likeness (QED) is 0.690. The van der Waals surface area contributed by atoms with Crippen LogP contribution in [0.15, 0.2) is 30.5 Å². The molecule has 0 fully saturated rings. The Kier molecular flexibility index (Phi) is 2.82. The second-order valence-electron chi connectivity index (χ2n) is 5.16. The number of pyridine rings is 1. The van der Waals surface area contributed by atoms with Gasteiger partial charge in [-0.25, -0.2) is 9.37 Å². The average Bonchev–Trinajstić information content (AvgIpc) is 3.12. The predicted molar refractivity (Wildman–Crippen MR) is 78.2 cm³/mol. The van der Waals surface area contributed by atoms with Crippen LogP contribution in [0.2, 0.25) is 0 Å². The largest absolute Gasteiger partial charge is 0.366 e. The molecule has 21 heavy (non-hydrogen) atoms. The number of hydrogen-bond donors (Lipinski definition) is 3. The van der Waals surface area contributed by atoms with Crippen LogP contribution in [0, 0.1) is 5.82 Å². The van der Waals surface area contributed by atoms with Crippen molar-refractivity contribution in [1.82, 2.24) is 20.5 Å². The summed E-state index contributed by atoms with van der Waals surface area (Å²) in [6.45, 7) is 2.19. The molecule has 1 aromatic carbocycles. The molecule has 0 saturated heterocycles. The molecular formula is C15H14FN5. The molecule has 1 aliphatic heterocycles. The number of hydrogen-bond acceptors (Lipinski definition) is 4. The Hall–Kier alpha value is -2.47. The number of nitrogens with zero attached hydrogens (tertiary/aromatic N) is 2. The number of benzene rings is 1. The number of anilines is 1. The van der Waals surface area contributed by atoms with Gasteiger partial charge in [0, 0.05) is 25.0 Å². The summed E-state index contributed by atoms with van der Waals surface area (Å²) in [4.78, 5) is 4.57. The second-order valence-corrected chi connectivity index (χ2v) is 5.16. The minimum Gasteiger partial charge on any atom is -0.366 e. The van der Waals surface area contributed by atoms with Crippen LogP contribution in [0.3, 0.4) is 0 Å². The average molecular weight is 283 g/mol. The lowest BCUT2D eigenvalue weighted by molar-refractivity contribution is 0.627. The summed E-state index contributed by atoms with van der Waals surface area (Å²) in [6.07, 6.45) is 1.71. The smallest absolute Gasteiger partial charge is 0.126 e. The van der Waals surface area contributed by atoms with Crippen molar-refractivity contribution in [1.29, 1.82) is 0 Å². The van der Waals surface area contributed by atoms with E-state index in [9.17, 15) is 4.39 Å². The molecule has 3 N–H and O–H groups in total. The van der Waals surface area contributed by atoms with Crippen molar-refractivity contribution < 1.29 is 4.39 Å². The predicted octanol–water partition coefficient (Wildman–Crippen LogP) is 2.31. The van der Waals surface area contributed by atoms with E-state index in [2.05, 4.69) is 31.9 Å². The van der Waals surface area contributed by atoms with Gasteiger partial charge in [0.1, 0.15) is 11.6 Å². The van der Waals surface area contributed by atoms with Gasteiger partial charge in [-0.05, 0) is 29.3 Å². The lowest BCUT2D eigenvalue weighted by atomic mass is 10.1. The van der Waals surface area contributed by atoms with Gasteiger partial charge in [-0.1, -0.05) is 6.07 Å². The molecule has 0 saturated carbocycles. The first-order valence-electron chi connectivity index (χ1n) is 6.84. The summed E-state index contributed by atoms with van der Waals surface area (Å²) in [5.74, 6) is 0.535. The lowest BCUT2D eigenvalue weighted by Crippen LogP contribution is -2.04. The van der Waals surface area contributed by atoms with Gasteiger partial charge in [0.05, 0.1) is 17.4 Å². The fraction of sp³-hybridized carbons (Fsp3) is 0.200. The zero-order chi connectivity index (χ0) is 14.2. The zero-order valence-electron chi connectivity index (χ0n) is 11.3. The highest BCUT2D eigenvalue weighted by Gasteiger charge is 2.12. The maximum absolute atomic E-state index is 13.6. The van der Waals surface area contributed by atoms with E-state index >= 15 is 0 Å². The van der Waals surface area contributed by atoms with Crippen LogP contribution in [-0.2, 0) is 19.6 Å². The third-order valence-corrected chi connectivity index (χ3v) is 3.75. The Bertz CT molecular complexity index is 811. The molecular weight excluding hydrogens is 269 g/mol. The maximum Gasteiger partial charge on any atom is 0.126 e. The molecule has 4 rings (SSSR count). The van der Waals surface area contributed by atoms with E-state index in [4.69, 9.17) is 0 Å². The first-order chi connectivity index (χ1) is 10.3. The van der Waals surface area contributed by atoms with E-state index < -0.39 is 0 Å². The Labute approximate surface area is 120 Å². The molecule has 0 bridgehead atoms. The van der Waals surface area contributed by atoms with E-state index in [1.54, 1.807) is 6.20 Å². The number of nitrogens with one attached hydrogen (secondary N) is 3. The van der Waals surface area contributed by atoms with E-state index in [0.717, 1.165) is 35.6 Å². The minimum absolute atomic E-state index is 0.269. The van der Waals surface area contributed by atoms with Gasteiger partial charge in [0.2, 0.25) is 0 Å². The highest BCUT2D eigenvalue weighted by Crippen LogP contribution is 2.20. The van der Waals surface area contributed by atoms with Gasteiger partial charge in [-0.3, -0.25) is 5.10 Å². The molecule has 3 heterocycles. The fourth-order valence-electron chi connectivity index (χ4n) is 2.68. The van der Waals surface area contributed by atoms with Gasteiger partial charge in [0.25, 0.3) is 0 Å². The maximum atomic E-state index is 13.6. The zero-order valence-corrected chi connectivity index (χ0v) is 11.3. The molecule has 3 aromatic rings. The molecule has 2 aromatic heterocycles. The van der Waals surface area contributed by atoms with Crippen molar-refractivity contribution in [3.05, 3.63) is 53.1 Å².